The zero-order valence-electron chi connectivity index (χ0n) is 14.3. The minimum absolute atomic E-state index is 0.216. The normalized spacial score (nSPS) is 25.9. The van der Waals surface area contributed by atoms with E-state index < -0.39 is 0 Å². The molecule has 0 aromatic carbocycles. The number of rotatable bonds is 5. The van der Waals surface area contributed by atoms with E-state index in [1.54, 1.807) is 0 Å². The molecule has 2 unspecified atom stereocenters. The molecule has 2 atom stereocenters. The van der Waals surface area contributed by atoms with Crippen molar-refractivity contribution in [3.05, 3.63) is 0 Å². The van der Waals surface area contributed by atoms with Gasteiger partial charge in [0.05, 0.1) is 0 Å². The molecule has 1 fully saturated rings. The molecule has 1 aliphatic rings. The fraction of sp³-hybridized carbons (Fsp3) is 1.00. The van der Waals surface area contributed by atoms with Gasteiger partial charge in [-0.25, -0.2) is 0 Å². The Morgan fingerprint density at radius 1 is 1.05 bits per heavy atom. The standard InChI is InChI=1S/C17H36N2/c1-14-10-8-9-11-15(14)19(7)13-17(5,6)12-18-16(2,3)4/h14-15,18H,8-13H2,1-7H3. The zero-order valence-corrected chi connectivity index (χ0v) is 14.3. The molecule has 0 amide bonds. The monoisotopic (exact) mass is 268 g/mol. The predicted octanol–water partition coefficient (Wildman–Crippen LogP) is 3.91. The third kappa shape index (κ3) is 6.27. The van der Waals surface area contributed by atoms with Gasteiger partial charge in [0.1, 0.15) is 0 Å². The number of hydrogen-bond donors (Lipinski definition) is 1. The van der Waals surface area contributed by atoms with E-state index in [2.05, 4.69) is 58.8 Å². The predicted molar refractivity (Wildman–Crippen MR) is 85.6 cm³/mol. The van der Waals surface area contributed by atoms with Crippen molar-refractivity contribution >= 4 is 0 Å². The van der Waals surface area contributed by atoms with Crippen LogP contribution in [0.4, 0.5) is 0 Å². The van der Waals surface area contributed by atoms with Crippen molar-refractivity contribution in [1.82, 2.24) is 10.2 Å². The van der Waals surface area contributed by atoms with Gasteiger partial charge in [-0.3, -0.25) is 0 Å². The molecule has 0 saturated heterocycles. The van der Waals surface area contributed by atoms with Crippen molar-refractivity contribution in [1.29, 1.82) is 0 Å². The van der Waals surface area contributed by atoms with E-state index in [0.29, 0.717) is 5.41 Å². The Bertz CT molecular complexity index is 265. The van der Waals surface area contributed by atoms with Crippen LogP contribution in [0.25, 0.3) is 0 Å². The van der Waals surface area contributed by atoms with Gasteiger partial charge in [0, 0.05) is 24.7 Å². The highest BCUT2D eigenvalue weighted by Gasteiger charge is 2.29. The summed E-state index contributed by atoms with van der Waals surface area (Å²) in [5, 5.41) is 3.65. The highest BCUT2D eigenvalue weighted by Crippen LogP contribution is 2.29. The summed E-state index contributed by atoms with van der Waals surface area (Å²) >= 11 is 0. The van der Waals surface area contributed by atoms with Crippen molar-refractivity contribution in [2.75, 3.05) is 20.1 Å². The van der Waals surface area contributed by atoms with E-state index in [9.17, 15) is 0 Å². The van der Waals surface area contributed by atoms with Gasteiger partial charge in [-0.05, 0) is 52.0 Å². The van der Waals surface area contributed by atoms with Crippen molar-refractivity contribution in [2.45, 2.75) is 78.8 Å². The molecule has 0 aliphatic heterocycles. The van der Waals surface area contributed by atoms with Crippen molar-refractivity contribution < 1.29 is 0 Å². The van der Waals surface area contributed by atoms with Crippen LogP contribution in [0.3, 0.4) is 0 Å². The van der Waals surface area contributed by atoms with Crippen LogP contribution in [-0.4, -0.2) is 36.6 Å². The van der Waals surface area contributed by atoms with Crippen LogP contribution in [0.2, 0.25) is 0 Å². The summed E-state index contributed by atoms with van der Waals surface area (Å²) in [5.41, 5.74) is 0.549. The molecule has 19 heavy (non-hydrogen) atoms. The van der Waals surface area contributed by atoms with Crippen molar-refractivity contribution in [2.24, 2.45) is 11.3 Å². The van der Waals surface area contributed by atoms with E-state index in [-0.39, 0.29) is 5.54 Å². The lowest BCUT2D eigenvalue weighted by Crippen LogP contribution is -2.49. The van der Waals surface area contributed by atoms with Crippen LogP contribution in [0.1, 0.15) is 67.2 Å². The average molecular weight is 268 g/mol. The maximum Gasteiger partial charge on any atom is 0.0118 e. The Labute approximate surface area is 121 Å². The quantitative estimate of drug-likeness (QED) is 0.813. The third-order valence-corrected chi connectivity index (χ3v) is 4.41. The third-order valence-electron chi connectivity index (χ3n) is 4.41. The lowest BCUT2D eigenvalue weighted by molar-refractivity contribution is 0.0939. The number of nitrogens with zero attached hydrogens (tertiary/aromatic N) is 1. The molecule has 2 nitrogen and oxygen atoms in total. The van der Waals surface area contributed by atoms with Gasteiger partial charge in [0.2, 0.25) is 0 Å². The van der Waals surface area contributed by atoms with Crippen LogP contribution < -0.4 is 5.32 Å². The van der Waals surface area contributed by atoms with Gasteiger partial charge in [-0.15, -0.1) is 0 Å². The average Bonchev–Trinajstić information content (AvgIpc) is 2.25. The fourth-order valence-corrected chi connectivity index (χ4v) is 3.30. The smallest absolute Gasteiger partial charge is 0.0118 e. The van der Waals surface area contributed by atoms with Gasteiger partial charge in [-0.2, -0.15) is 0 Å². The molecule has 2 heteroatoms. The lowest BCUT2D eigenvalue weighted by Gasteiger charge is -2.41. The van der Waals surface area contributed by atoms with Gasteiger partial charge >= 0.3 is 0 Å². The molecule has 1 saturated carbocycles. The summed E-state index contributed by atoms with van der Waals surface area (Å²) in [6.45, 7) is 16.2. The van der Waals surface area contributed by atoms with E-state index in [1.165, 1.54) is 32.2 Å². The first-order valence-electron chi connectivity index (χ1n) is 8.06. The first kappa shape index (κ1) is 17.0. The van der Waals surface area contributed by atoms with Gasteiger partial charge in [0.15, 0.2) is 0 Å². The van der Waals surface area contributed by atoms with Crippen LogP contribution in [-0.2, 0) is 0 Å². The minimum Gasteiger partial charge on any atom is -0.311 e. The maximum absolute atomic E-state index is 3.65. The Morgan fingerprint density at radius 2 is 1.63 bits per heavy atom. The van der Waals surface area contributed by atoms with Crippen LogP contribution >= 0.6 is 0 Å². The molecule has 0 bridgehead atoms. The first-order valence-corrected chi connectivity index (χ1v) is 8.06. The second-order valence-electron chi connectivity index (χ2n) is 8.51. The summed E-state index contributed by atoms with van der Waals surface area (Å²) < 4.78 is 0. The molecule has 0 aromatic rings. The van der Waals surface area contributed by atoms with Crippen LogP contribution in [0, 0.1) is 11.3 Å². The molecule has 0 aromatic heterocycles. The molecule has 0 heterocycles. The fourth-order valence-electron chi connectivity index (χ4n) is 3.30. The molecule has 1 aliphatic carbocycles. The van der Waals surface area contributed by atoms with Crippen molar-refractivity contribution in [3.8, 4) is 0 Å². The number of nitrogens with one attached hydrogen (secondary N) is 1. The Kier molecular flexibility index (Phi) is 5.88. The molecular formula is C17H36N2. The second-order valence-corrected chi connectivity index (χ2v) is 8.51. The molecule has 1 N–H and O–H groups in total. The van der Waals surface area contributed by atoms with E-state index in [4.69, 9.17) is 0 Å². The first-order chi connectivity index (χ1) is 8.61. The van der Waals surface area contributed by atoms with Crippen molar-refractivity contribution in [3.63, 3.8) is 0 Å². The lowest BCUT2D eigenvalue weighted by atomic mass is 9.83. The minimum atomic E-state index is 0.216. The number of hydrogen-bond acceptors (Lipinski definition) is 2. The van der Waals surface area contributed by atoms with E-state index in [1.807, 2.05) is 0 Å². The summed E-state index contributed by atoms with van der Waals surface area (Å²) in [6.07, 6.45) is 5.65. The maximum atomic E-state index is 3.65. The molecule has 0 radical (unpaired) electrons. The topological polar surface area (TPSA) is 15.3 Å². The zero-order chi connectivity index (χ0) is 14.7. The van der Waals surface area contributed by atoms with Gasteiger partial charge < -0.3 is 10.2 Å². The van der Waals surface area contributed by atoms with Gasteiger partial charge in [-0.1, -0.05) is 33.6 Å². The largest absolute Gasteiger partial charge is 0.311 e. The van der Waals surface area contributed by atoms with E-state index >= 15 is 0 Å². The summed E-state index contributed by atoms with van der Waals surface area (Å²) in [5.74, 6) is 0.866. The van der Waals surface area contributed by atoms with Crippen LogP contribution in [0.5, 0.6) is 0 Å². The Hall–Kier alpha value is -0.0800. The summed E-state index contributed by atoms with van der Waals surface area (Å²) in [6, 6.07) is 0.794. The Balaban J connectivity index is 2.47. The highest BCUT2D eigenvalue weighted by atomic mass is 15.1. The summed E-state index contributed by atoms with van der Waals surface area (Å²) in [7, 11) is 2.32. The highest BCUT2D eigenvalue weighted by molar-refractivity contribution is 4.85. The molecule has 114 valence electrons. The molecule has 1 rings (SSSR count). The summed E-state index contributed by atoms with van der Waals surface area (Å²) in [4.78, 5) is 2.62. The molecule has 0 spiro atoms. The Morgan fingerprint density at radius 3 is 2.16 bits per heavy atom. The van der Waals surface area contributed by atoms with Crippen LogP contribution in [0.15, 0.2) is 0 Å². The molecular weight excluding hydrogens is 232 g/mol. The SMILES string of the molecule is CC1CCCCC1N(C)CC(C)(C)CNC(C)(C)C. The van der Waals surface area contributed by atoms with Gasteiger partial charge in [0.25, 0.3) is 0 Å². The van der Waals surface area contributed by atoms with E-state index in [0.717, 1.165) is 18.5 Å². The second kappa shape index (κ2) is 6.58.